The van der Waals surface area contributed by atoms with E-state index in [1.807, 2.05) is 61.8 Å². The van der Waals surface area contributed by atoms with Crippen LogP contribution < -0.4 is 5.56 Å². The molecule has 0 radical (unpaired) electrons. The normalized spacial score (nSPS) is 13.4. The number of hydrogen-bond acceptors (Lipinski definition) is 5. The van der Waals surface area contributed by atoms with Crippen molar-refractivity contribution in [3.8, 4) is 11.3 Å². The second-order valence-electron chi connectivity index (χ2n) is 8.70. The molecular weight excluding hydrogens is 408 g/mol. The van der Waals surface area contributed by atoms with E-state index < -0.39 is 0 Å². The van der Waals surface area contributed by atoms with Gasteiger partial charge in [-0.2, -0.15) is 10.2 Å². The molecule has 1 saturated carbocycles. The van der Waals surface area contributed by atoms with E-state index in [9.17, 15) is 9.59 Å². The lowest BCUT2D eigenvalue weighted by molar-refractivity contribution is 0.0145. The maximum Gasteiger partial charge on any atom is 0.410 e. The van der Waals surface area contributed by atoms with E-state index in [0.717, 1.165) is 24.0 Å². The molecule has 3 aromatic heterocycles. The molecule has 32 heavy (non-hydrogen) atoms. The Morgan fingerprint density at radius 1 is 1.19 bits per heavy atom. The van der Waals surface area contributed by atoms with Gasteiger partial charge >= 0.3 is 6.09 Å². The molecule has 0 unspecified atom stereocenters. The Morgan fingerprint density at radius 2 is 1.84 bits per heavy atom. The Balaban J connectivity index is 0.000000218. The number of aryl methyl sites for hydroxylation is 2. The number of aromatic nitrogens is 5. The second kappa shape index (κ2) is 10.5. The van der Waals surface area contributed by atoms with Crippen molar-refractivity contribution in [2.24, 2.45) is 7.05 Å². The average Bonchev–Trinajstić information content (AvgIpc) is 3.27. The number of rotatable bonds is 2. The first kappa shape index (κ1) is 25.2. The smallest absolute Gasteiger partial charge is 0.410 e. The fourth-order valence-corrected chi connectivity index (χ4v) is 3.13. The van der Waals surface area contributed by atoms with Gasteiger partial charge in [0.05, 0.1) is 24.3 Å². The van der Waals surface area contributed by atoms with Gasteiger partial charge in [-0.1, -0.05) is 13.8 Å². The SMILES string of the molecule is CC.CN(C(=O)OC(C)(C)C)C1CCC1.Cc1cnn2cc(-c3cnn(C)c3)[nH]c(=O)c12. The number of amides is 1. The Bertz CT molecular complexity index is 1090. The summed E-state index contributed by atoms with van der Waals surface area (Å²) in [6.07, 6.45) is 10.3. The van der Waals surface area contributed by atoms with Crippen LogP contribution in [0, 0.1) is 6.92 Å². The molecule has 4 rings (SSSR count). The van der Waals surface area contributed by atoms with Gasteiger partial charge in [0.15, 0.2) is 0 Å². The van der Waals surface area contributed by atoms with E-state index in [2.05, 4.69) is 15.2 Å². The van der Waals surface area contributed by atoms with Gasteiger partial charge in [0.25, 0.3) is 5.56 Å². The third-order valence-electron chi connectivity index (χ3n) is 5.01. The number of H-pyrrole nitrogens is 1. The molecule has 0 spiro atoms. The van der Waals surface area contributed by atoms with Crippen LogP contribution in [0.1, 0.15) is 59.4 Å². The Labute approximate surface area is 189 Å². The first-order chi connectivity index (χ1) is 15.0. The predicted octanol–water partition coefficient (Wildman–Crippen LogP) is 4.16. The molecule has 1 N–H and O–H groups in total. The lowest BCUT2D eigenvalue weighted by atomic mass is 9.92. The van der Waals surface area contributed by atoms with Crippen LogP contribution in [0.3, 0.4) is 0 Å². The molecule has 0 aliphatic heterocycles. The fourth-order valence-electron chi connectivity index (χ4n) is 3.13. The quantitative estimate of drug-likeness (QED) is 0.640. The van der Waals surface area contributed by atoms with Crippen molar-refractivity contribution in [3.05, 3.63) is 40.7 Å². The number of hydrogen-bond donors (Lipinski definition) is 1. The summed E-state index contributed by atoms with van der Waals surface area (Å²) in [5.41, 5.74) is 2.50. The average molecular weight is 445 g/mol. The van der Waals surface area contributed by atoms with Crippen molar-refractivity contribution in [2.75, 3.05) is 7.05 Å². The standard InChI is InChI=1S/C11H11N5O.C10H19NO2.C2H6/c1-7-3-13-16-6-9(14-11(17)10(7)16)8-4-12-15(2)5-8;1-10(2,3)13-9(12)11(4)8-6-5-7-8;1-2/h3-6H,1-2H3,(H,14,17);8H,5-7H2,1-4H3;1-2H3. The van der Waals surface area contributed by atoms with Gasteiger partial charge in [-0.05, 0) is 47.0 Å². The minimum Gasteiger partial charge on any atom is -0.444 e. The van der Waals surface area contributed by atoms with E-state index >= 15 is 0 Å². The first-order valence-electron chi connectivity index (χ1n) is 11.1. The largest absolute Gasteiger partial charge is 0.444 e. The Morgan fingerprint density at radius 3 is 2.34 bits per heavy atom. The van der Waals surface area contributed by atoms with E-state index in [1.54, 1.807) is 32.7 Å². The molecule has 1 fully saturated rings. The van der Waals surface area contributed by atoms with Gasteiger partial charge in [-0.25, -0.2) is 9.31 Å². The van der Waals surface area contributed by atoms with Crippen molar-refractivity contribution in [3.63, 3.8) is 0 Å². The zero-order valence-electron chi connectivity index (χ0n) is 20.5. The predicted molar refractivity (Wildman–Crippen MR) is 126 cm³/mol. The van der Waals surface area contributed by atoms with Crippen LogP contribution in [-0.2, 0) is 11.8 Å². The van der Waals surface area contributed by atoms with Crippen LogP contribution in [0.25, 0.3) is 16.8 Å². The third kappa shape index (κ3) is 6.21. The summed E-state index contributed by atoms with van der Waals surface area (Å²) in [6.45, 7) is 11.5. The highest BCUT2D eigenvalue weighted by Crippen LogP contribution is 2.24. The monoisotopic (exact) mass is 444 g/mol. The van der Waals surface area contributed by atoms with Gasteiger partial charge in [0.1, 0.15) is 11.1 Å². The highest BCUT2D eigenvalue weighted by Gasteiger charge is 2.28. The Hall–Kier alpha value is -3.10. The third-order valence-corrected chi connectivity index (χ3v) is 5.01. The molecule has 3 heterocycles. The molecule has 9 heteroatoms. The van der Waals surface area contributed by atoms with Gasteiger partial charge in [0, 0.05) is 37.5 Å². The lowest BCUT2D eigenvalue weighted by Crippen LogP contribution is -2.43. The van der Waals surface area contributed by atoms with Crippen LogP contribution >= 0.6 is 0 Å². The second-order valence-corrected chi connectivity index (χ2v) is 8.70. The minimum absolute atomic E-state index is 0.138. The van der Waals surface area contributed by atoms with E-state index in [4.69, 9.17) is 4.74 Å². The number of carbonyl (C=O) groups excluding carboxylic acids is 1. The van der Waals surface area contributed by atoms with Crippen LogP contribution in [0.4, 0.5) is 4.79 Å². The minimum atomic E-state index is -0.380. The number of nitrogens with one attached hydrogen (secondary N) is 1. The zero-order valence-corrected chi connectivity index (χ0v) is 20.5. The van der Waals surface area contributed by atoms with Gasteiger partial charge in [-0.3, -0.25) is 9.48 Å². The number of aromatic amines is 1. The molecule has 1 aliphatic carbocycles. The van der Waals surface area contributed by atoms with Gasteiger partial charge in [-0.15, -0.1) is 0 Å². The topological polar surface area (TPSA) is 97.5 Å². The van der Waals surface area contributed by atoms with E-state index in [1.165, 1.54) is 6.42 Å². The summed E-state index contributed by atoms with van der Waals surface area (Å²) >= 11 is 0. The highest BCUT2D eigenvalue weighted by atomic mass is 16.6. The molecule has 0 aromatic carbocycles. The summed E-state index contributed by atoms with van der Waals surface area (Å²) in [7, 11) is 3.65. The maximum atomic E-state index is 11.9. The molecule has 3 aromatic rings. The molecule has 1 amide bonds. The summed E-state index contributed by atoms with van der Waals surface area (Å²) < 4.78 is 8.52. The van der Waals surface area contributed by atoms with Gasteiger partial charge < -0.3 is 14.6 Å². The molecule has 0 bridgehead atoms. The number of fused-ring (bicyclic) bond motifs is 1. The van der Waals surface area contributed by atoms with Gasteiger partial charge in [0.2, 0.25) is 0 Å². The highest BCUT2D eigenvalue weighted by molar-refractivity contribution is 5.68. The first-order valence-corrected chi connectivity index (χ1v) is 11.1. The summed E-state index contributed by atoms with van der Waals surface area (Å²) in [6, 6.07) is 0.412. The van der Waals surface area contributed by atoms with Crippen molar-refractivity contribution < 1.29 is 9.53 Å². The van der Waals surface area contributed by atoms with E-state index in [-0.39, 0.29) is 17.3 Å². The molecule has 1 aliphatic rings. The van der Waals surface area contributed by atoms with Crippen LogP contribution in [0.2, 0.25) is 0 Å². The van der Waals surface area contributed by atoms with E-state index in [0.29, 0.717) is 17.3 Å². The summed E-state index contributed by atoms with van der Waals surface area (Å²) in [5, 5.41) is 8.21. The fraction of sp³-hybridized carbons (Fsp3) is 0.565. The van der Waals surface area contributed by atoms with Crippen molar-refractivity contribution in [1.82, 2.24) is 29.3 Å². The number of carbonyl (C=O) groups is 1. The Kier molecular flexibility index (Phi) is 8.24. The van der Waals surface area contributed by atoms with Crippen molar-refractivity contribution in [2.45, 2.75) is 72.4 Å². The molecule has 0 atom stereocenters. The molecule has 176 valence electrons. The lowest BCUT2D eigenvalue weighted by Gasteiger charge is -2.35. The van der Waals surface area contributed by atoms with Crippen LogP contribution in [0.5, 0.6) is 0 Å². The zero-order chi connectivity index (χ0) is 24.1. The summed E-state index contributed by atoms with van der Waals surface area (Å²) in [5.74, 6) is 0. The molecule has 0 saturated heterocycles. The summed E-state index contributed by atoms with van der Waals surface area (Å²) in [4.78, 5) is 28.0. The maximum absolute atomic E-state index is 11.9. The number of nitrogens with zero attached hydrogens (tertiary/aromatic N) is 5. The number of ether oxygens (including phenoxy) is 1. The van der Waals surface area contributed by atoms with Crippen molar-refractivity contribution >= 4 is 11.6 Å². The molecular formula is C23H36N6O3. The van der Waals surface area contributed by atoms with Crippen LogP contribution in [-0.4, -0.2) is 54.1 Å². The molecule has 9 nitrogen and oxygen atoms in total. The van der Waals surface area contributed by atoms with Crippen molar-refractivity contribution in [1.29, 1.82) is 0 Å². The van der Waals surface area contributed by atoms with Crippen LogP contribution in [0.15, 0.2) is 29.6 Å².